The minimum Gasteiger partial charge on any atom is -0.480 e. The minimum absolute atomic E-state index is 0.310. The van der Waals surface area contributed by atoms with Crippen LogP contribution < -0.4 is 16.1 Å². The van der Waals surface area contributed by atoms with Crippen molar-refractivity contribution in [2.75, 3.05) is 6.54 Å². The van der Waals surface area contributed by atoms with Crippen LogP contribution in [0, 0.1) is 0 Å². The summed E-state index contributed by atoms with van der Waals surface area (Å²) in [6, 6.07) is -1.10. The average molecular weight is 365 g/mol. The Bertz CT molecular complexity index is 460. The molecule has 22 heavy (non-hydrogen) atoms. The Hall–Kier alpha value is -0.840. The summed E-state index contributed by atoms with van der Waals surface area (Å²) in [5.41, 5.74) is 4.99. The van der Waals surface area contributed by atoms with Crippen molar-refractivity contribution >= 4 is 27.2 Å². The molecule has 0 spiro atoms. The van der Waals surface area contributed by atoms with Crippen LogP contribution in [0.25, 0.3) is 0 Å². The third-order valence-corrected chi connectivity index (χ3v) is 3.84. The van der Waals surface area contributed by atoms with E-state index in [2.05, 4.69) is 0 Å². The molecule has 0 fully saturated rings. The molecule has 12 nitrogen and oxygen atoms in total. The van der Waals surface area contributed by atoms with Gasteiger partial charge in [0.15, 0.2) is 0 Å². The summed E-state index contributed by atoms with van der Waals surface area (Å²) in [6.07, 6.45) is 0.310. The zero-order valence-corrected chi connectivity index (χ0v) is 13.7. The second-order valence-corrected chi connectivity index (χ2v) is 7.32. The number of nitrogens with one attached hydrogen (secondary N) is 2. The smallest absolute Gasteiger partial charge is 0.400 e. The maximum Gasteiger partial charge on any atom is 0.400 e. The topological polar surface area (TPSA) is 220 Å². The molecule has 14 heteroatoms. The van der Waals surface area contributed by atoms with Crippen LogP contribution in [0.3, 0.4) is 0 Å². The molecule has 0 aromatic rings. The summed E-state index contributed by atoms with van der Waals surface area (Å²) in [5, 5.41) is 12.0. The van der Waals surface area contributed by atoms with Crippen LogP contribution in [0.15, 0.2) is 0 Å². The van der Waals surface area contributed by atoms with Gasteiger partial charge in [-0.05, 0) is 13.3 Å². The molecular weight excluding hydrogens is 344 g/mol. The van der Waals surface area contributed by atoms with Crippen LogP contribution in [0.2, 0.25) is 0 Å². The number of rotatable bonds is 7. The molecule has 0 saturated heterocycles. The number of aliphatic carboxylic acids is 1. The van der Waals surface area contributed by atoms with Gasteiger partial charge in [0.1, 0.15) is 11.8 Å². The van der Waals surface area contributed by atoms with Crippen LogP contribution in [-0.4, -0.2) is 54.9 Å². The monoisotopic (exact) mass is 365 g/mol. The van der Waals surface area contributed by atoms with Crippen LogP contribution in [-0.2, 0) is 18.7 Å². The highest BCUT2D eigenvalue weighted by Gasteiger charge is 2.21. The van der Waals surface area contributed by atoms with E-state index in [9.17, 15) is 18.7 Å². The summed E-state index contributed by atoms with van der Waals surface area (Å²) >= 11 is 0. The lowest BCUT2D eigenvalue weighted by molar-refractivity contribution is -0.141. The third kappa shape index (κ3) is 14.1. The third-order valence-electron chi connectivity index (χ3n) is 2.04. The fourth-order valence-electron chi connectivity index (χ4n) is 0.767. The normalized spacial score (nSPS) is 14.3. The molecule has 0 radical (unpaired) electrons. The molecule has 1 amide bonds. The number of nitrogens with two attached hydrogens (primary N) is 1. The van der Waals surface area contributed by atoms with Crippen molar-refractivity contribution in [3.05, 3.63) is 0 Å². The van der Waals surface area contributed by atoms with Gasteiger partial charge < -0.3 is 35.7 Å². The second kappa shape index (κ2) is 10.0. The number of carboxylic acid groups (broad SMARTS) is 1. The zero-order valence-electron chi connectivity index (χ0n) is 11.9. The van der Waals surface area contributed by atoms with Gasteiger partial charge in [0.05, 0.1) is 6.54 Å². The zero-order chi connectivity index (χ0) is 18.1. The lowest BCUT2D eigenvalue weighted by Gasteiger charge is -2.10. The SMILES string of the molecule is CC(NC(=O)CNP(=O)(O)O)C(=O)O.CCC(N)P(=O)(O)O. The summed E-state index contributed by atoms with van der Waals surface area (Å²) in [6.45, 7) is 2.23. The van der Waals surface area contributed by atoms with Gasteiger partial charge in [0.25, 0.3) is 0 Å². The van der Waals surface area contributed by atoms with Crippen molar-refractivity contribution in [3.8, 4) is 0 Å². The van der Waals surface area contributed by atoms with Gasteiger partial charge in [0, 0.05) is 0 Å². The fraction of sp³-hybridized carbons (Fsp3) is 0.750. The Morgan fingerprint density at radius 2 is 1.64 bits per heavy atom. The van der Waals surface area contributed by atoms with E-state index >= 15 is 0 Å². The van der Waals surface area contributed by atoms with E-state index in [-0.39, 0.29) is 0 Å². The van der Waals surface area contributed by atoms with Crippen molar-refractivity contribution in [2.45, 2.75) is 32.1 Å². The molecule has 0 saturated carbocycles. The molecule has 2 unspecified atom stereocenters. The summed E-state index contributed by atoms with van der Waals surface area (Å²) in [4.78, 5) is 54.2. The number of amides is 1. The van der Waals surface area contributed by atoms with Crippen molar-refractivity contribution in [2.24, 2.45) is 5.73 Å². The molecule has 9 N–H and O–H groups in total. The van der Waals surface area contributed by atoms with Crippen LogP contribution >= 0.6 is 15.3 Å². The number of carboxylic acids is 1. The molecule has 0 aliphatic rings. The maximum absolute atomic E-state index is 10.8. The van der Waals surface area contributed by atoms with Gasteiger partial charge >= 0.3 is 21.3 Å². The molecule has 0 rings (SSSR count). The van der Waals surface area contributed by atoms with Gasteiger partial charge in [-0.1, -0.05) is 6.92 Å². The highest BCUT2D eigenvalue weighted by atomic mass is 31.2. The van der Waals surface area contributed by atoms with Gasteiger partial charge in [-0.25, -0.2) is 9.65 Å². The van der Waals surface area contributed by atoms with Crippen molar-refractivity contribution < 1.29 is 43.4 Å². The van der Waals surface area contributed by atoms with Crippen LogP contribution in [0.5, 0.6) is 0 Å². The van der Waals surface area contributed by atoms with Gasteiger partial charge in [-0.3, -0.25) is 14.2 Å². The lowest BCUT2D eigenvalue weighted by atomic mass is 10.3. The fourth-order valence-corrected chi connectivity index (χ4v) is 1.59. The summed E-state index contributed by atoms with van der Waals surface area (Å²) in [5.74, 6) is -3.01. The summed E-state index contributed by atoms with van der Waals surface area (Å²) in [7, 11) is -8.42. The number of hydrogen-bond donors (Lipinski definition) is 8. The molecule has 0 aromatic carbocycles. The maximum atomic E-state index is 10.8. The molecular formula is C8H21N3O9P2. The second-order valence-electron chi connectivity index (χ2n) is 4.07. The van der Waals surface area contributed by atoms with Crippen molar-refractivity contribution in [1.82, 2.24) is 10.4 Å². The molecule has 0 aromatic heterocycles. The predicted molar refractivity (Wildman–Crippen MR) is 75.6 cm³/mol. The first-order chi connectivity index (χ1) is 9.70. The lowest BCUT2D eigenvalue weighted by Crippen LogP contribution is -2.42. The van der Waals surface area contributed by atoms with Gasteiger partial charge in [-0.2, -0.15) is 0 Å². The number of hydrogen-bond acceptors (Lipinski definition) is 5. The Kier molecular flexibility index (Phi) is 10.7. The predicted octanol–water partition coefficient (Wildman–Crippen LogP) is -1.88. The minimum atomic E-state index is -4.44. The van der Waals surface area contributed by atoms with E-state index in [0.717, 1.165) is 0 Å². The molecule has 0 heterocycles. The summed E-state index contributed by atoms with van der Waals surface area (Å²) < 4.78 is 20.4. The van der Waals surface area contributed by atoms with Crippen molar-refractivity contribution in [1.29, 1.82) is 0 Å². The first-order valence-corrected chi connectivity index (χ1v) is 9.13. The Morgan fingerprint density at radius 3 is 1.86 bits per heavy atom. The average Bonchev–Trinajstić information content (AvgIpc) is 2.34. The Morgan fingerprint density at radius 1 is 1.18 bits per heavy atom. The largest absolute Gasteiger partial charge is 0.480 e. The first-order valence-electron chi connectivity index (χ1n) is 5.84. The van der Waals surface area contributed by atoms with Crippen LogP contribution in [0.4, 0.5) is 0 Å². The number of carbonyl (C=O) groups excluding carboxylic acids is 1. The standard InChI is InChI=1S/C5H11N2O6P.C3H10NO3P/c1-3(5(9)10)7-4(8)2-6-14(11,12)13;1-2-3(4)8(5,6)7/h3H,2H2,1H3,(H,7,8)(H,9,10)(H3,6,11,12,13);3H,2,4H2,1H3,(H2,5,6,7). The van der Waals surface area contributed by atoms with E-state index < -0.39 is 45.6 Å². The number of carbonyl (C=O) groups is 2. The van der Waals surface area contributed by atoms with E-state index in [1.54, 1.807) is 12.0 Å². The Balaban J connectivity index is 0. The van der Waals surface area contributed by atoms with Gasteiger partial charge in [0.2, 0.25) is 5.91 Å². The van der Waals surface area contributed by atoms with Gasteiger partial charge in [-0.15, -0.1) is 0 Å². The highest BCUT2D eigenvalue weighted by molar-refractivity contribution is 7.52. The Labute approximate surface area is 126 Å². The molecule has 2 atom stereocenters. The van der Waals surface area contributed by atoms with Crippen molar-refractivity contribution in [3.63, 3.8) is 0 Å². The molecule has 132 valence electrons. The first kappa shape index (κ1) is 23.4. The molecule has 0 aliphatic heterocycles. The molecule has 0 bridgehead atoms. The quantitative estimate of drug-likeness (QED) is 0.233. The van der Waals surface area contributed by atoms with E-state index in [1.807, 2.05) is 5.32 Å². The van der Waals surface area contributed by atoms with E-state index in [0.29, 0.717) is 6.42 Å². The van der Waals surface area contributed by atoms with E-state index in [4.69, 9.17) is 30.4 Å². The van der Waals surface area contributed by atoms with E-state index in [1.165, 1.54) is 6.92 Å². The van der Waals surface area contributed by atoms with Crippen LogP contribution in [0.1, 0.15) is 20.3 Å². The highest BCUT2D eigenvalue weighted by Crippen LogP contribution is 2.39. The molecule has 0 aliphatic carbocycles.